The Morgan fingerprint density at radius 1 is 0.795 bits per heavy atom. The SMILES string of the molecule is CCOc1cc(/C=N/NC(=O)c2ccc(NC(=O)c3ccccc3)cc2)ccc1OC(=O)c1ccc(Cl)cc1. The Kier molecular flexibility index (Phi) is 9.05. The Labute approximate surface area is 230 Å². The maximum absolute atomic E-state index is 12.5. The molecular formula is C30H24ClN3O5. The number of amides is 2. The van der Waals surface area contributed by atoms with E-state index in [9.17, 15) is 14.4 Å². The van der Waals surface area contributed by atoms with Gasteiger partial charge in [0, 0.05) is 21.8 Å². The van der Waals surface area contributed by atoms with Crippen molar-refractivity contribution in [1.82, 2.24) is 5.43 Å². The summed E-state index contributed by atoms with van der Waals surface area (Å²) in [6, 6.07) is 26.5. The Morgan fingerprint density at radius 2 is 1.46 bits per heavy atom. The van der Waals surface area contributed by atoms with E-state index in [0.717, 1.165) is 0 Å². The second kappa shape index (κ2) is 13.0. The van der Waals surface area contributed by atoms with Gasteiger partial charge in [0.05, 0.1) is 18.4 Å². The molecule has 2 N–H and O–H groups in total. The Morgan fingerprint density at radius 3 is 2.15 bits per heavy atom. The van der Waals surface area contributed by atoms with Crippen LogP contribution in [-0.2, 0) is 0 Å². The molecule has 0 aliphatic rings. The number of anilines is 1. The largest absolute Gasteiger partial charge is 0.490 e. The van der Waals surface area contributed by atoms with Crippen LogP contribution in [0.5, 0.6) is 11.5 Å². The fraction of sp³-hybridized carbons (Fsp3) is 0.0667. The van der Waals surface area contributed by atoms with Gasteiger partial charge in [-0.3, -0.25) is 9.59 Å². The molecule has 0 aromatic heterocycles. The van der Waals surface area contributed by atoms with Gasteiger partial charge in [-0.15, -0.1) is 0 Å². The first-order valence-corrected chi connectivity index (χ1v) is 12.3. The van der Waals surface area contributed by atoms with E-state index in [0.29, 0.717) is 45.3 Å². The minimum atomic E-state index is -0.549. The first-order valence-electron chi connectivity index (χ1n) is 12.0. The minimum absolute atomic E-state index is 0.241. The highest BCUT2D eigenvalue weighted by Gasteiger charge is 2.13. The highest BCUT2D eigenvalue weighted by atomic mass is 35.5. The van der Waals surface area contributed by atoms with Gasteiger partial charge in [-0.25, -0.2) is 10.2 Å². The number of nitrogens with zero attached hydrogens (tertiary/aromatic N) is 1. The molecule has 4 rings (SSSR count). The molecule has 39 heavy (non-hydrogen) atoms. The van der Waals surface area contributed by atoms with Gasteiger partial charge in [0.15, 0.2) is 11.5 Å². The second-order valence-electron chi connectivity index (χ2n) is 8.13. The molecule has 196 valence electrons. The van der Waals surface area contributed by atoms with Crippen molar-refractivity contribution in [1.29, 1.82) is 0 Å². The molecule has 0 aliphatic carbocycles. The van der Waals surface area contributed by atoms with Crippen molar-refractivity contribution in [2.75, 3.05) is 11.9 Å². The number of hydrogen-bond donors (Lipinski definition) is 2. The lowest BCUT2D eigenvalue weighted by molar-refractivity contribution is 0.0728. The summed E-state index contributed by atoms with van der Waals surface area (Å²) < 4.78 is 11.1. The Balaban J connectivity index is 1.36. The van der Waals surface area contributed by atoms with Crippen LogP contribution < -0.4 is 20.2 Å². The Hall–Kier alpha value is -4.95. The van der Waals surface area contributed by atoms with Crippen molar-refractivity contribution in [3.05, 3.63) is 124 Å². The fourth-order valence-electron chi connectivity index (χ4n) is 3.43. The summed E-state index contributed by atoms with van der Waals surface area (Å²) in [5, 5.41) is 7.30. The lowest BCUT2D eigenvalue weighted by Crippen LogP contribution is -2.18. The molecule has 0 heterocycles. The molecule has 9 heteroatoms. The summed E-state index contributed by atoms with van der Waals surface area (Å²) in [6.45, 7) is 2.16. The molecule has 0 radical (unpaired) electrons. The first-order chi connectivity index (χ1) is 18.9. The van der Waals surface area contributed by atoms with E-state index in [1.54, 1.807) is 91.0 Å². The number of esters is 1. The standard InChI is InChI=1S/C30H24ClN3O5/c1-2-38-27-18-20(8-17-26(27)39-30(37)23-9-13-24(31)14-10-23)19-32-34-29(36)22-11-15-25(16-12-22)33-28(35)21-6-4-3-5-7-21/h3-19H,2H2,1H3,(H,33,35)(H,34,36)/b32-19+. The zero-order valence-electron chi connectivity index (χ0n) is 20.9. The summed E-state index contributed by atoms with van der Waals surface area (Å²) in [7, 11) is 0. The molecule has 0 unspecified atom stereocenters. The maximum atomic E-state index is 12.5. The van der Waals surface area contributed by atoms with E-state index in [1.165, 1.54) is 6.21 Å². The average Bonchev–Trinajstić information content (AvgIpc) is 2.95. The van der Waals surface area contributed by atoms with E-state index in [2.05, 4.69) is 15.8 Å². The van der Waals surface area contributed by atoms with Gasteiger partial charge in [0.25, 0.3) is 11.8 Å². The molecule has 4 aromatic carbocycles. The monoisotopic (exact) mass is 541 g/mol. The van der Waals surface area contributed by atoms with E-state index in [-0.39, 0.29) is 11.7 Å². The number of benzene rings is 4. The molecule has 0 atom stereocenters. The molecule has 0 saturated carbocycles. The van der Waals surface area contributed by atoms with Crippen LogP contribution in [-0.4, -0.2) is 30.6 Å². The van der Waals surface area contributed by atoms with Crippen molar-refractivity contribution < 1.29 is 23.9 Å². The average molecular weight is 542 g/mol. The van der Waals surface area contributed by atoms with Gasteiger partial charge in [-0.1, -0.05) is 29.8 Å². The van der Waals surface area contributed by atoms with Crippen LogP contribution >= 0.6 is 11.6 Å². The molecule has 2 amide bonds. The van der Waals surface area contributed by atoms with Crippen LogP contribution in [0.4, 0.5) is 5.69 Å². The number of nitrogens with one attached hydrogen (secondary N) is 2. The zero-order chi connectivity index (χ0) is 27.6. The zero-order valence-corrected chi connectivity index (χ0v) is 21.6. The third-order valence-electron chi connectivity index (χ3n) is 5.37. The lowest BCUT2D eigenvalue weighted by Gasteiger charge is -2.11. The summed E-state index contributed by atoms with van der Waals surface area (Å²) in [5.41, 5.74) is 4.89. The number of hydrogen-bond acceptors (Lipinski definition) is 6. The third kappa shape index (κ3) is 7.53. The number of ether oxygens (including phenoxy) is 2. The van der Waals surface area contributed by atoms with Gasteiger partial charge < -0.3 is 14.8 Å². The predicted molar refractivity (Wildman–Crippen MR) is 150 cm³/mol. The van der Waals surface area contributed by atoms with Crippen LogP contribution in [0, 0.1) is 0 Å². The highest BCUT2D eigenvalue weighted by Crippen LogP contribution is 2.29. The highest BCUT2D eigenvalue weighted by molar-refractivity contribution is 6.30. The topological polar surface area (TPSA) is 106 Å². The van der Waals surface area contributed by atoms with Gasteiger partial charge >= 0.3 is 5.97 Å². The van der Waals surface area contributed by atoms with E-state index < -0.39 is 11.9 Å². The molecule has 0 saturated heterocycles. The van der Waals surface area contributed by atoms with Crippen molar-refractivity contribution >= 4 is 41.3 Å². The number of carbonyl (C=O) groups excluding carboxylic acids is 3. The van der Waals surface area contributed by atoms with Crippen molar-refractivity contribution in [3.8, 4) is 11.5 Å². The van der Waals surface area contributed by atoms with Gasteiger partial charge in [0.1, 0.15) is 0 Å². The van der Waals surface area contributed by atoms with Gasteiger partial charge in [0.2, 0.25) is 0 Å². The Bertz CT molecular complexity index is 1490. The number of hydrazone groups is 1. The van der Waals surface area contributed by atoms with Gasteiger partial charge in [-0.05, 0) is 91.3 Å². The minimum Gasteiger partial charge on any atom is -0.490 e. The predicted octanol–water partition coefficient (Wildman–Crippen LogP) is 5.97. The van der Waals surface area contributed by atoms with Crippen molar-refractivity contribution in [2.45, 2.75) is 6.92 Å². The first kappa shape index (κ1) is 27.1. The number of rotatable bonds is 9. The lowest BCUT2D eigenvalue weighted by atomic mass is 10.1. The molecule has 0 aliphatic heterocycles. The van der Waals surface area contributed by atoms with E-state index >= 15 is 0 Å². The second-order valence-corrected chi connectivity index (χ2v) is 8.57. The van der Waals surface area contributed by atoms with Crippen LogP contribution in [0.2, 0.25) is 5.02 Å². The van der Waals surface area contributed by atoms with E-state index in [4.69, 9.17) is 21.1 Å². The summed E-state index contributed by atoms with van der Waals surface area (Å²) in [4.78, 5) is 37.2. The molecular weight excluding hydrogens is 518 g/mol. The quantitative estimate of drug-likeness (QED) is 0.117. The van der Waals surface area contributed by atoms with Crippen molar-refractivity contribution in [3.63, 3.8) is 0 Å². The molecule has 8 nitrogen and oxygen atoms in total. The van der Waals surface area contributed by atoms with E-state index in [1.807, 2.05) is 13.0 Å². The molecule has 4 aromatic rings. The molecule has 0 bridgehead atoms. The molecule has 0 spiro atoms. The molecule has 0 fully saturated rings. The normalized spacial score (nSPS) is 10.6. The number of halogens is 1. The van der Waals surface area contributed by atoms with Crippen LogP contribution in [0.15, 0.2) is 102 Å². The summed E-state index contributed by atoms with van der Waals surface area (Å²) in [5.74, 6) is -0.618. The van der Waals surface area contributed by atoms with Crippen LogP contribution in [0.1, 0.15) is 43.6 Å². The summed E-state index contributed by atoms with van der Waals surface area (Å²) in [6.07, 6.45) is 1.44. The maximum Gasteiger partial charge on any atom is 0.343 e. The summed E-state index contributed by atoms with van der Waals surface area (Å²) >= 11 is 5.87. The van der Waals surface area contributed by atoms with Crippen LogP contribution in [0.3, 0.4) is 0 Å². The third-order valence-corrected chi connectivity index (χ3v) is 5.62. The number of carbonyl (C=O) groups is 3. The fourth-order valence-corrected chi connectivity index (χ4v) is 3.56. The van der Waals surface area contributed by atoms with Crippen LogP contribution in [0.25, 0.3) is 0 Å². The van der Waals surface area contributed by atoms with Crippen molar-refractivity contribution in [2.24, 2.45) is 5.10 Å². The smallest absolute Gasteiger partial charge is 0.343 e. The van der Waals surface area contributed by atoms with Gasteiger partial charge in [-0.2, -0.15) is 5.10 Å².